The Morgan fingerprint density at radius 3 is 2.70 bits per heavy atom. The number of carbonyl (C=O) groups is 1. The Labute approximate surface area is 117 Å². The Hall–Kier alpha value is -2.30. The second-order valence-electron chi connectivity index (χ2n) is 4.63. The SMILES string of the molecule is COC(=O)CCc1c(C)nn(-c2ccccc2O)c1C. The molecule has 2 aromatic rings. The molecule has 0 bridgehead atoms. The lowest BCUT2D eigenvalue weighted by Gasteiger charge is -2.07. The highest BCUT2D eigenvalue weighted by Gasteiger charge is 2.15. The molecule has 0 aliphatic heterocycles. The lowest BCUT2D eigenvalue weighted by Crippen LogP contribution is -2.03. The molecule has 0 saturated carbocycles. The van der Waals surface area contributed by atoms with Gasteiger partial charge in [-0.2, -0.15) is 5.10 Å². The van der Waals surface area contributed by atoms with Gasteiger partial charge in [-0.25, -0.2) is 4.68 Å². The molecule has 0 amide bonds. The maximum Gasteiger partial charge on any atom is 0.305 e. The smallest absolute Gasteiger partial charge is 0.305 e. The van der Waals surface area contributed by atoms with Crippen molar-refractivity contribution in [2.24, 2.45) is 0 Å². The van der Waals surface area contributed by atoms with Gasteiger partial charge in [-0.3, -0.25) is 4.79 Å². The summed E-state index contributed by atoms with van der Waals surface area (Å²) in [5.74, 6) is -0.0586. The number of hydrogen-bond donors (Lipinski definition) is 1. The van der Waals surface area contributed by atoms with Crippen LogP contribution in [0.4, 0.5) is 0 Å². The summed E-state index contributed by atoms with van der Waals surface area (Å²) < 4.78 is 6.36. The van der Waals surface area contributed by atoms with Gasteiger partial charge in [0.1, 0.15) is 11.4 Å². The third-order valence-corrected chi connectivity index (χ3v) is 3.36. The van der Waals surface area contributed by atoms with Gasteiger partial charge in [0.25, 0.3) is 0 Å². The molecule has 0 fully saturated rings. The van der Waals surface area contributed by atoms with E-state index in [0.717, 1.165) is 17.0 Å². The van der Waals surface area contributed by atoms with Crippen molar-refractivity contribution >= 4 is 5.97 Å². The van der Waals surface area contributed by atoms with Gasteiger partial charge < -0.3 is 9.84 Å². The molecule has 5 heteroatoms. The maximum absolute atomic E-state index is 11.2. The zero-order chi connectivity index (χ0) is 14.7. The molecule has 0 aliphatic rings. The first-order valence-electron chi connectivity index (χ1n) is 6.45. The number of phenols is 1. The van der Waals surface area contributed by atoms with Crippen LogP contribution >= 0.6 is 0 Å². The van der Waals surface area contributed by atoms with Crippen molar-refractivity contribution in [3.63, 3.8) is 0 Å². The van der Waals surface area contributed by atoms with Crippen LogP contribution in [0.5, 0.6) is 5.75 Å². The first-order chi connectivity index (χ1) is 9.54. The third kappa shape index (κ3) is 2.66. The molecular weight excluding hydrogens is 256 g/mol. The average molecular weight is 274 g/mol. The minimum Gasteiger partial charge on any atom is -0.506 e. The molecule has 1 aromatic heterocycles. The number of carbonyl (C=O) groups excluding carboxylic acids is 1. The van der Waals surface area contributed by atoms with Gasteiger partial charge in [-0.15, -0.1) is 0 Å². The van der Waals surface area contributed by atoms with E-state index in [0.29, 0.717) is 18.5 Å². The van der Waals surface area contributed by atoms with Crippen LogP contribution in [-0.4, -0.2) is 28.0 Å². The summed E-state index contributed by atoms with van der Waals surface area (Å²) in [5.41, 5.74) is 3.43. The van der Waals surface area contributed by atoms with Crippen molar-refractivity contribution in [3.8, 4) is 11.4 Å². The van der Waals surface area contributed by atoms with E-state index in [2.05, 4.69) is 9.84 Å². The minimum absolute atomic E-state index is 0.178. The fraction of sp³-hybridized carbons (Fsp3) is 0.333. The predicted molar refractivity (Wildman–Crippen MR) is 75.0 cm³/mol. The minimum atomic E-state index is -0.237. The van der Waals surface area contributed by atoms with Crippen LogP contribution in [0.3, 0.4) is 0 Å². The van der Waals surface area contributed by atoms with E-state index in [1.165, 1.54) is 7.11 Å². The number of rotatable bonds is 4. The number of aromatic nitrogens is 2. The van der Waals surface area contributed by atoms with Crippen LogP contribution in [-0.2, 0) is 16.0 Å². The number of aromatic hydroxyl groups is 1. The number of para-hydroxylation sites is 2. The number of nitrogens with zero attached hydrogens (tertiary/aromatic N) is 2. The molecule has 0 unspecified atom stereocenters. The van der Waals surface area contributed by atoms with Crippen LogP contribution in [0.1, 0.15) is 23.4 Å². The van der Waals surface area contributed by atoms with E-state index < -0.39 is 0 Å². The molecular formula is C15H18N2O3. The van der Waals surface area contributed by atoms with Gasteiger partial charge in [-0.1, -0.05) is 12.1 Å². The topological polar surface area (TPSA) is 64.3 Å². The molecule has 0 aliphatic carbocycles. The van der Waals surface area contributed by atoms with E-state index >= 15 is 0 Å². The van der Waals surface area contributed by atoms with Crippen molar-refractivity contribution in [1.29, 1.82) is 0 Å². The highest BCUT2D eigenvalue weighted by atomic mass is 16.5. The lowest BCUT2D eigenvalue weighted by molar-refractivity contribution is -0.140. The Balaban J connectivity index is 2.34. The summed E-state index contributed by atoms with van der Waals surface area (Å²) in [6.07, 6.45) is 0.905. The quantitative estimate of drug-likeness (QED) is 0.869. The standard InChI is InChI=1S/C15H18N2O3/c1-10-12(8-9-15(19)20-3)11(2)17(16-10)13-6-4-5-7-14(13)18/h4-7,18H,8-9H2,1-3H3. The van der Waals surface area contributed by atoms with E-state index in [1.807, 2.05) is 19.9 Å². The molecule has 0 atom stereocenters. The van der Waals surface area contributed by atoms with Crippen molar-refractivity contribution in [3.05, 3.63) is 41.2 Å². The maximum atomic E-state index is 11.2. The number of esters is 1. The second-order valence-corrected chi connectivity index (χ2v) is 4.63. The number of methoxy groups -OCH3 is 1. The number of phenolic OH excluding ortho intramolecular Hbond substituents is 1. The molecule has 1 N–H and O–H groups in total. The summed E-state index contributed by atoms with van der Waals surface area (Å²) in [4.78, 5) is 11.2. The Bertz CT molecular complexity index is 632. The Morgan fingerprint density at radius 2 is 2.05 bits per heavy atom. The molecule has 0 radical (unpaired) electrons. The van der Waals surface area contributed by atoms with Gasteiger partial charge in [0.15, 0.2) is 0 Å². The van der Waals surface area contributed by atoms with Gasteiger partial charge in [0.2, 0.25) is 0 Å². The highest BCUT2D eigenvalue weighted by Crippen LogP contribution is 2.25. The zero-order valence-electron chi connectivity index (χ0n) is 11.9. The molecule has 2 rings (SSSR count). The van der Waals surface area contributed by atoms with Crippen LogP contribution in [0.2, 0.25) is 0 Å². The molecule has 0 spiro atoms. The van der Waals surface area contributed by atoms with Crippen LogP contribution < -0.4 is 0 Å². The Morgan fingerprint density at radius 1 is 1.35 bits per heavy atom. The van der Waals surface area contributed by atoms with Crippen LogP contribution in [0.15, 0.2) is 24.3 Å². The monoisotopic (exact) mass is 274 g/mol. The summed E-state index contributed by atoms with van der Waals surface area (Å²) in [6.45, 7) is 3.83. The van der Waals surface area contributed by atoms with E-state index in [1.54, 1.807) is 22.9 Å². The highest BCUT2D eigenvalue weighted by molar-refractivity contribution is 5.69. The second kappa shape index (κ2) is 5.77. The molecule has 20 heavy (non-hydrogen) atoms. The van der Waals surface area contributed by atoms with Crippen molar-refractivity contribution in [1.82, 2.24) is 9.78 Å². The molecule has 0 saturated heterocycles. The van der Waals surface area contributed by atoms with Crippen LogP contribution in [0, 0.1) is 13.8 Å². The van der Waals surface area contributed by atoms with Crippen molar-refractivity contribution < 1.29 is 14.6 Å². The first-order valence-corrected chi connectivity index (χ1v) is 6.45. The lowest BCUT2D eigenvalue weighted by atomic mass is 10.1. The van der Waals surface area contributed by atoms with Crippen LogP contribution in [0.25, 0.3) is 5.69 Å². The first kappa shape index (κ1) is 14.1. The fourth-order valence-electron chi connectivity index (χ4n) is 2.24. The fourth-order valence-corrected chi connectivity index (χ4v) is 2.24. The molecule has 1 aromatic carbocycles. The third-order valence-electron chi connectivity index (χ3n) is 3.36. The summed E-state index contributed by atoms with van der Waals surface area (Å²) in [7, 11) is 1.38. The molecule has 106 valence electrons. The molecule has 1 heterocycles. The zero-order valence-corrected chi connectivity index (χ0v) is 11.9. The van der Waals surface area contributed by atoms with E-state index in [9.17, 15) is 9.90 Å². The van der Waals surface area contributed by atoms with E-state index in [4.69, 9.17) is 0 Å². The van der Waals surface area contributed by atoms with Crippen molar-refractivity contribution in [2.45, 2.75) is 26.7 Å². The van der Waals surface area contributed by atoms with Gasteiger partial charge in [0, 0.05) is 12.1 Å². The predicted octanol–water partition coefficient (Wildman–Crippen LogP) is 2.30. The largest absolute Gasteiger partial charge is 0.506 e. The van der Waals surface area contributed by atoms with E-state index in [-0.39, 0.29) is 11.7 Å². The average Bonchev–Trinajstić information content (AvgIpc) is 2.72. The van der Waals surface area contributed by atoms with Gasteiger partial charge in [0.05, 0.1) is 12.8 Å². The normalized spacial score (nSPS) is 10.6. The Kier molecular flexibility index (Phi) is 4.08. The summed E-state index contributed by atoms with van der Waals surface area (Å²) >= 11 is 0. The molecule has 5 nitrogen and oxygen atoms in total. The number of hydrogen-bond acceptors (Lipinski definition) is 4. The summed E-state index contributed by atoms with van der Waals surface area (Å²) in [5, 5.41) is 14.4. The number of aryl methyl sites for hydroxylation is 1. The van der Waals surface area contributed by atoms with Gasteiger partial charge in [-0.05, 0) is 38.0 Å². The number of benzene rings is 1. The van der Waals surface area contributed by atoms with Crippen molar-refractivity contribution in [2.75, 3.05) is 7.11 Å². The van der Waals surface area contributed by atoms with Gasteiger partial charge >= 0.3 is 5.97 Å². The summed E-state index contributed by atoms with van der Waals surface area (Å²) in [6, 6.07) is 7.04. The number of ether oxygens (including phenoxy) is 1.